The topological polar surface area (TPSA) is 313 Å². The fourth-order valence-electron chi connectivity index (χ4n) is 3.43. The van der Waals surface area contributed by atoms with E-state index < -0.39 is 35.4 Å². The number of H-pyrrole nitrogens is 2. The van der Waals surface area contributed by atoms with Crippen molar-refractivity contribution in [1.82, 2.24) is 40.2 Å². The standard InChI is InChI=1S/C19H19N7O6.C6H10N6O/c20-19-25-15-14(17(30)26-19)23-11(8-22-15)7-21-10-3-1-9(2-4-10)16(29)24-12(18(31)32)5-6-13(27)28;1-12(2)11-10-6-4(5(7)13)8-3-9-6/h1-4,8,12,21H,5-7H2,(H,24,29)(H,27,28)(H,31,32)(H3,20,22,25,26,30);3H,1-2H3,(H2,7,13)(H,8,9)/t12-;/m0./s1. The zero-order chi connectivity index (χ0) is 33.1. The van der Waals surface area contributed by atoms with Gasteiger partial charge in [0.05, 0.1) is 24.8 Å². The van der Waals surface area contributed by atoms with Crippen LogP contribution in [0.1, 0.15) is 39.4 Å². The van der Waals surface area contributed by atoms with E-state index in [1.54, 1.807) is 26.2 Å². The van der Waals surface area contributed by atoms with Gasteiger partial charge in [0.2, 0.25) is 11.8 Å². The number of nitrogens with two attached hydrogens (primary N) is 2. The van der Waals surface area contributed by atoms with Crippen LogP contribution in [0.4, 0.5) is 17.5 Å². The quantitative estimate of drug-likeness (QED) is 0.0762. The highest BCUT2D eigenvalue weighted by Crippen LogP contribution is 2.14. The van der Waals surface area contributed by atoms with E-state index in [2.05, 4.69) is 50.9 Å². The van der Waals surface area contributed by atoms with Gasteiger partial charge < -0.3 is 37.3 Å². The normalized spacial score (nSPS) is 11.3. The third kappa shape index (κ3) is 9.80. The van der Waals surface area contributed by atoms with Gasteiger partial charge in [0, 0.05) is 31.8 Å². The van der Waals surface area contributed by atoms with Gasteiger partial charge in [-0.3, -0.25) is 29.2 Å². The van der Waals surface area contributed by atoms with Crippen LogP contribution in [0.2, 0.25) is 0 Å². The van der Waals surface area contributed by atoms with Crippen molar-refractivity contribution in [3.63, 3.8) is 0 Å². The third-order valence-electron chi connectivity index (χ3n) is 5.54. The molecule has 2 amide bonds. The van der Waals surface area contributed by atoms with Gasteiger partial charge in [0.25, 0.3) is 17.4 Å². The molecule has 4 rings (SSSR count). The second-order valence-corrected chi connectivity index (χ2v) is 9.21. The van der Waals surface area contributed by atoms with E-state index >= 15 is 0 Å². The number of rotatable bonds is 12. The Morgan fingerprint density at radius 3 is 2.42 bits per heavy atom. The van der Waals surface area contributed by atoms with Crippen LogP contribution in [0.15, 0.2) is 51.9 Å². The van der Waals surface area contributed by atoms with Gasteiger partial charge in [-0.1, -0.05) is 5.22 Å². The summed E-state index contributed by atoms with van der Waals surface area (Å²) >= 11 is 0. The van der Waals surface area contributed by atoms with E-state index in [-0.39, 0.29) is 53.6 Å². The molecule has 4 aromatic rings. The first-order chi connectivity index (χ1) is 21.3. The van der Waals surface area contributed by atoms with Crippen molar-refractivity contribution >= 4 is 52.4 Å². The van der Waals surface area contributed by atoms with Crippen LogP contribution in [-0.4, -0.2) is 89.0 Å². The minimum Gasteiger partial charge on any atom is -0.481 e. The number of fused-ring (bicyclic) bond motifs is 1. The fourth-order valence-corrected chi connectivity index (χ4v) is 3.43. The summed E-state index contributed by atoms with van der Waals surface area (Å²) in [6.07, 6.45) is 2.18. The number of carbonyl (C=O) groups is 4. The summed E-state index contributed by atoms with van der Waals surface area (Å²) in [6, 6.07) is 4.86. The average molecular weight is 624 g/mol. The maximum Gasteiger partial charge on any atom is 0.326 e. The molecule has 45 heavy (non-hydrogen) atoms. The number of primary amides is 1. The lowest BCUT2D eigenvalue weighted by atomic mass is 10.1. The second kappa shape index (κ2) is 15.1. The molecule has 0 spiro atoms. The van der Waals surface area contributed by atoms with Crippen LogP contribution in [-0.2, 0) is 16.1 Å². The number of carbonyl (C=O) groups excluding carboxylic acids is 2. The molecule has 0 unspecified atom stereocenters. The lowest BCUT2D eigenvalue weighted by Gasteiger charge is -2.14. The van der Waals surface area contributed by atoms with Crippen LogP contribution in [0.5, 0.6) is 0 Å². The minimum atomic E-state index is -1.31. The molecule has 0 fully saturated rings. The van der Waals surface area contributed by atoms with Crippen LogP contribution in [0.25, 0.3) is 11.2 Å². The number of aromatic nitrogens is 6. The van der Waals surface area contributed by atoms with Crippen molar-refractivity contribution < 1.29 is 29.4 Å². The molecular formula is C25H29N13O7. The van der Waals surface area contributed by atoms with Gasteiger partial charge in [-0.25, -0.2) is 19.7 Å². The van der Waals surface area contributed by atoms with Crippen molar-refractivity contribution in [2.75, 3.05) is 25.1 Å². The molecule has 236 valence electrons. The Bertz CT molecular complexity index is 1770. The van der Waals surface area contributed by atoms with Gasteiger partial charge in [0.1, 0.15) is 6.04 Å². The van der Waals surface area contributed by atoms with Gasteiger partial charge in [0.15, 0.2) is 16.9 Å². The van der Waals surface area contributed by atoms with Gasteiger partial charge >= 0.3 is 11.9 Å². The van der Waals surface area contributed by atoms with E-state index in [1.165, 1.54) is 29.7 Å². The van der Waals surface area contributed by atoms with Crippen molar-refractivity contribution in [3.8, 4) is 0 Å². The number of benzene rings is 1. The lowest BCUT2D eigenvalue weighted by Crippen LogP contribution is -2.41. The Balaban J connectivity index is 0.000000355. The van der Waals surface area contributed by atoms with Crippen molar-refractivity contribution in [1.29, 1.82) is 0 Å². The first-order valence-electron chi connectivity index (χ1n) is 12.9. The number of aromatic amines is 2. The van der Waals surface area contributed by atoms with E-state index in [9.17, 15) is 24.0 Å². The van der Waals surface area contributed by atoms with Crippen molar-refractivity contribution in [2.24, 2.45) is 16.1 Å². The Labute approximate surface area is 253 Å². The molecule has 0 saturated heterocycles. The molecule has 20 heteroatoms. The molecule has 0 radical (unpaired) electrons. The molecule has 1 aromatic carbocycles. The Morgan fingerprint density at radius 2 is 1.80 bits per heavy atom. The number of hydrogen-bond donors (Lipinski definition) is 8. The lowest BCUT2D eigenvalue weighted by molar-refractivity contribution is -0.140. The number of amides is 2. The maximum absolute atomic E-state index is 12.3. The molecular weight excluding hydrogens is 594 g/mol. The summed E-state index contributed by atoms with van der Waals surface area (Å²) in [5.74, 6) is -3.57. The molecule has 0 aliphatic carbocycles. The van der Waals surface area contributed by atoms with Gasteiger partial charge in [-0.15, -0.1) is 5.11 Å². The molecule has 20 nitrogen and oxygen atoms in total. The van der Waals surface area contributed by atoms with Crippen LogP contribution in [0.3, 0.4) is 0 Å². The van der Waals surface area contributed by atoms with E-state index in [0.29, 0.717) is 11.4 Å². The number of aliphatic carboxylic acids is 2. The zero-order valence-corrected chi connectivity index (χ0v) is 23.9. The molecule has 3 aromatic heterocycles. The molecule has 0 bridgehead atoms. The first-order valence-corrected chi connectivity index (χ1v) is 12.9. The number of nitrogens with one attached hydrogen (secondary N) is 4. The highest BCUT2D eigenvalue weighted by molar-refractivity contribution is 5.97. The summed E-state index contributed by atoms with van der Waals surface area (Å²) in [5, 5.41) is 32.1. The SMILES string of the molecule is CN(C)N=Nc1nc[nH]c1C(N)=O.Nc1nc2ncc(CNc3ccc(C(=O)N[C@@H](CCC(=O)O)C(=O)O)cc3)nc2c(=O)[nH]1. The van der Waals surface area contributed by atoms with Crippen molar-refractivity contribution in [2.45, 2.75) is 25.4 Å². The second-order valence-electron chi connectivity index (χ2n) is 9.21. The highest BCUT2D eigenvalue weighted by atomic mass is 16.4. The number of nitrogens with zero attached hydrogens (tertiary/aromatic N) is 7. The molecule has 0 aliphatic rings. The molecule has 3 heterocycles. The summed E-state index contributed by atoms with van der Waals surface area (Å²) in [5.41, 5.74) is 11.7. The predicted octanol–water partition coefficient (Wildman–Crippen LogP) is 0.0241. The average Bonchev–Trinajstić information content (AvgIpc) is 3.47. The maximum atomic E-state index is 12.3. The monoisotopic (exact) mass is 623 g/mol. The fraction of sp³-hybridized carbons (Fsp3) is 0.240. The van der Waals surface area contributed by atoms with Crippen molar-refractivity contribution in [3.05, 3.63) is 64.1 Å². The number of carboxylic acids is 2. The number of carboxylic acid groups (broad SMARTS) is 2. The van der Waals surface area contributed by atoms with E-state index in [1.807, 2.05) is 0 Å². The Morgan fingerprint density at radius 1 is 1.09 bits per heavy atom. The molecule has 0 saturated carbocycles. The van der Waals surface area contributed by atoms with E-state index in [0.717, 1.165) is 0 Å². The predicted molar refractivity (Wildman–Crippen MR) is 157 cm³/mol. The van der Waals surface area contributed by atoms with E-state index in [4.69, 9.17) is 21.7 Å². The summed E-state index contributed by atoms with van der Waals surface area (Å²) < 4.78 is 0. The third-order valence-corrected chi connectivity index (χ3v) is 5.54. The summed E-state index contributed by atoms with van der Waals surface area (Å²) in [4.78, 5) is 77.7. The smallest absolute Gasteiger partial charge is 0.326 e. The number of anilines is 2. The zero-order valence-electron chi connectivity index (χ0n) is 23.9. The van der Waals surface area contributed by atoms with Gasteiger partial charge in [-0.2, -0.15) is 4.98 Å². The van der Waals surface area contributed by atoms with Crippen LogP contribution >= 0.6 is 0 Å². The van der Waals surface area contributed by atoms with Gasteiger partial charge in [-0.05, 0) is 30.7 Å². The molecule has 0 aliphatic heterocycles. The number of hydrogen-bond acceptors (Lipinski definition) is 13. The number of imidazole rings is 1. The Kier molecular flexibility index (Phi) is 11.1. The molecule has 10 N–H and O–H groups in total. The Hall–Kier alpha value is -6.47. The largest absolute Gasteiger partial charge is 0.481 e. The molecule has 1 atom stereocenters. The summed E-state index contributed by atoms with van der Waals surface area (Å²) in [7, 11) is 3.42. The van der Waals surface area contributed by atoms with Crippen LogP contribution in [0, 0.1) is 0 Å². The minimum absolute atomic E-state index is 0.0524. The first kappa shape index (κ1) is 33.0. The highest BCUT2D eigenvalue weighted by Gasteiger charge is 2.21. The number of nitrogen functional groups attached to an aromatic ring is 1. The van der Waals surface area contributed by atoms with Crippen LogP contribution < -0.4 is 27.7 Å². The summed E-state index contributed by atoms with van der Waals surface area (Å²) in [6.45, 7) is 0.231.